The van der Waals surface area contributed by atoms with Gasteiger partial charge in [-0.15, -0.1) is 0 Å². The molecular formula is C56H39NO. The van der Waals surface area contributed by atoms with Gasteiger partial charge in [-0.2, -0.15) is 0 Å². The van der Waals surface area contributed by atoms with Crippen molar-refractivity contribution in [2.75, 3.05) is 4.90 Å². The monoisotopic (exact) mass is 741 g/mol. The fraction of sp³-hybridized carbons (Fsp3) is 0.0357. The molecule has 1 heterocycles. The molecule has 274 valence electrons. The van der Waals surface area contributed by atoms with E-state index in [1.807, 2.05) is 0 Å². The number of hydrogen-bond acceptors (Lipinski definition) is 2. The molecular weight excluding hydrogens is 703 g/mol. The van der Waals surface area contributed by atoms with Gasteiger partial charge in [0.25, 0.3) is 0 Å². The quantitative estimate of drug-likeness (QED) is 0.162. The van der Waals surface area contributed by atoms with E-state index in [4.69, 9.17) is 4.42 Å². The van der Waals surface area contributed by atoms with Crippen LogP contribution in [-0.2, 0) is 5.41 Å². The van der Waals surface area contributed by atoms with Crippen molar-refractivity contribution in [1.82, 2.24) is 0 Å². The number of benzene rings is 9. The summed E-state index contributed by atoms with van der Waals surface area (Å²) < 4.78 is 6.54. The van der Waals surface area contributed by atoms with Gasteiger partial charge in [-0.25, -0.2) is 0 Å². The summed E-state index contributed by atoms with van der Waals surface area (Å²) >= 11 is 0. The molecule has 1 aromatic heterocycles. The van der Waals surface area contributed by atoms with Gasteiger partial charge in [-0.1, -0.05) is 164 Å². The molecule has 1 aliphatic carbocycles. The summed E-state index contributed by atoms with van der Waals surface area (Å²) in [5.41, 5.74) is 18.4. The Balaban J connectivity index is 1.01. The Bertz CT molecular complexity index is 3040. The highest BCUT2D eigenvalue weighted by molar-refractivity contribution is 6.07. The molecule has 0 N–H and O–H groups in total. The van der Waals surface area contributed by atoms with Crippen molar-refractivity contribution in [2.45, 2.75) is 12.3 Å². The molecule has 58 heavy (non-hydrogen) atoms. The van der Waals surface area contributed by atoms with Gasteiger partial charge in [0.05, 0.1) is 0 Å². The molecule has 11 rings (SSSR count). The van der Waals surface area contributed by atoms with E-state index in [1.54, 1.807) is 0 Å². The Morgan fingerprint density at radius 2 is 0.724 bits per heavy atom. The Labute approximate surface area is 338 Å². The van der Waals surface area contributed by atoms with Crippen LogP contribution in [0.3, 0.4) is 0 Å². The van der Waals surface area contributed by atoms with E-state index in [9.17, 15) is 0 Å². The Hall–Kier alpha value is -7.42. The van der Waals surface area contributed by atoms with Crippen molar-refractivity contribution in [3.05, 3.63) is 235 Å². The van der Waals surface area contributed by atoms with E-state index in [2.05, 4.69) is 230 Å². The molecule has 0 amide bonds. The summed E-state index contributed by atoms with van der Waals surface area (Å²) in [6.07, 6.45) is 0. The zero-order chi connectivity index (χ0) is 38.6. The van der Waals surface area contributed by atoms with Crippen LogP contribution in [0.4, 0.5) is 17.1 Å². The summed E-state index contributed by atoms with van der Waals surface area (Å²) in [6, 6.07) is 78.8. The van der Waals surface area contributed by atoms with Crippen molar-refractivity contribution >= 4 is 39.0 Å². The highest BCUT2D eigenvalue weighted by Gasteiger charge is 2.40. The molecule has 9 aromatic carbocycles. The maximum atomic E-state index is 6.54. The SMILES string of the molecule is CC1(c2ccc3oc4ccc(N(c5ccc(-c6ccccc6)cc5)c5ccc(-c6ccc(-c7ccccc7)cc6)cc5)cc4c3c2)c2ccccc2-c2ccccc21. The standard InChI is InChI=1S/C56H39NO/c1-56(52-18-10-8-16-48(52)49-17-9-11-19-53(49)56)44-28-34-54-50(36-44)51-37-47(33-35-55(51)58-54)57(45-29-24-42(25-30-45)39-14-6-3-7-15-39)46-31-26-43(27-32-46)41-22-20-40(21-23-41)38-12-4-2-5-13-38/h2-37H,1H3. The highest BCUT2D eigenvalue weighted by atomic mass is 16.3. The van der Waals surface area contributed by atoms with Crippen LogP contribution in [0.15, 0.2) is 223 Å². The Morgan fingerprint density at radius 1 is 0.345 bits per heavy atom. The number of nitrogens with zero attached hydrogens (tertiary/aromatic N) is 1. The first-order chi connectivity index (χ1) is 28.6. The van der Waals surface area contributed by atoms with Gasteiger partial charge in [-0.05, 0) is 123 Å². The number of anilines is 3. The summed E-state index contributed by atoms with van der Waals surface area (Å²) in [7, 11) is 0. The van der Waals surface area contributed by atoms with E-state index < -0.39 is 0 Å². The molecule has 0 radical (unpaired) electrons. The molecule has 0 atom stereocenters. The maximum Gasteiger partial charge on any atom is 0.135 e. The van der Waals surface area contributed by atoms with E-state index in [1.165, 1.54) is 61.2 Å². The van der Waals surface area contributed by atoms with Crippen LogP contribution in [0, 0.1) is 0 Å². The third-order valence-corrected chi connectivity index (χ3v) is 12.2. The maximum absolute atomic E-state index is 6.54. The minimum absolute atomic E-state index is 0.293. The lowest BCUT2D eigenvalue weighted by Gasteiger charge is -2.28. The molecule has 0 unspecified atom stereocenters. The van der Waals surface area contributed by atoms with Gasteiger partial charge in [-0.3, -0.25) is 0 Å². The number of hydrogen-bond donors (Lipinski definition) is 0. The minimum atomic E-state index is -0.293. The molecule has 0 spiro atoms. The van der Waals surface area contributed by atoms with E-state index >= 15 is 0 Å². The van der Waals surface area contributed by atoms with Crippen LogP contribution in [0.25, 0.3) is 66.4 Å². The number of furan rings is 1. The number of fused-ring (bicyclic) bond motifs is 6. The van der Waals surface area contributed by atoms with Gasteiger partial charge in [0, 0.05) is 33.2 Å². The predicted octanol–water partition coefficient (Wildman–Crippen LogP) is 15.4. The molecule has 0 saturated heterocycles. The summed E-state index contributed by atoms with van der Waals surface area (Å²) in [5, 5.41) is 2.21. The van der Waals surface area contributed by atoms with Crippen LogP contribution in [-0.4, -0.2) is 0 Å². The van der Waals surface area contributed by atoms with Crippen LogP contribution in [0.1, 0.15) is 23.6 Å². The average Bonchev–Trinajstić information content (AvgIpc) is 3.80. The molecule has 1 aliphatic rings. The van der Waals surface area contributed by atoms with Gasteiger partial charge in [0.15, 0.2) is 0 Å². The van der Waals surface area contributed by atoms with E-state index in [0.717, 1.165) is 39.0 Å². The molecule has 0 bridgehead atoms. The smallest absolute Gasteiger partial charge is 0.135 e. The summed E-state index contributed by atoms with van der Waals surface area (Å²) in [4.78, 5) is 2.35. The highest BCUT2D eigenvalue weighted by Crippen LogP contribution is 2.53. The van der Waals surface area contributed by atoms with Crippen LogP contribution >= 0.6 is 0 Å². The van der Waals surface area contributed by atoms with Crippen molar-refractivity contribution in [3.8, 4) is 44.5 Å². The van der Waals surface area contributed by atoms with E-state index in [0.29, 0.717) is 0 Å². The number of rotatable bonds is 7. The van der Waals surface area contributed by atoms with E-state index in [-0.39, 0.29) is 5.41 Å². The van der Waals surface area contributed by atoms with Crippen LogP contribution in [0.5, 0.6) is 0 Å². The fourth-order valence-corrected chi connectivity index (χ4v) is 9.15. The molecule has 0 aliphatic heterocycles. The van der Waals surface area contributed by atoms with Gasteiger partial charge in [0.2, 0.25) is 0 Å². The fourth-order valence-electron chi connectivity index (χ4n) is 9.15. The molecule has 2 heteroatoms. The van der Waals surface area contributed by atoms with Crippen LogP contribution < -0.4 is 4.90 Å². The minimum Gasteiger partial charge on any atom is -0.456 e. The Morgan fingerprint density at radius 3 is 1.22 bits per heavy atom. The second-order valence-electron chi connectivity index (χ2n) is 15.4. The summed E-state index contributed by atoms with van der Waals surface area (Å²) in [6.45, 7) is 2.37. The summed E-state index contributed by atoms with van der Waals surface area (Å²) in [5.74, 6) is 0. The predicted molar refractivity (Wildman–Crippen MR) is 242 cm³/mol. The van der Waals surface area contributed by atoms with Gasteiger partial charge in [0.1, 0.15) is 11.2 Å². The second kappa shape index (κ2) is 13.7. The van der Waals surface area contributed by atoms with Crippen molar-refractivity contribution in [2.24, 2.45) is 0 Å². The molecule has 2 nitrogen and oxygen atoms in total. The zero-order valence-electron chi connectivity index (χ0n) is 32.1. The first-order valence-electron chi connectivity index (χ1n) is 20.0. The zero-order valence-corrected chi connectivity index (χ0v) is 32.1. The van der Waals surface area contributed by atoms with Gasteiger partial charge < -0.3 is 9.32 Å². The third kappa shape index (κ3) is 5.56. The van der Waals surface area contributed by atoms with Crippen molar-refractivity contribution in [1.29, 1.82) is 0 Å². The van der Waals surface area contributed by atoms with Gasteiger partial charge >= 0.3 is 0 Å². The molecule has 0 fully saturated rings. The molecule has 10 aromatic rings. The normalized spacial score (nSPS) is 12.7. The van der Waals surface area contributed by atoms with Crippen molar-refractivity contribution in [3.63, 3.8) is 0 Å². The third-order valence-electron chi connectivity index (χ3n) is 12.2. The first kappa shape index (κ1) is 33.9. The lowest BCUT2D eigenvalue weighted by Crippen LogP contribution is -2.22. The molecule has 0 saturated carbocycles. The average molecular weight is 742 g/mol. The Kier molecular flexibility index (Phi) is 7.97. The topological polar surface area (TPSA) is 16.4 Å². The van der Waals surface area contributed by atoms with Crippen LogP contribution in [0.2, 0.25) is 0 Å². The first-order valence-corrected chi connectivity index (χ1v) is 20.0. The largest absolute Gasteiger partial charge is 0.456 e. The lowest BCUT2D eigenvalue weighted by atomic mass is 9.74. The lowest BCUT2D eigenvalue weighted by molar-refractivity contribution is 0.667. The van der Waals surface area contributed by atoms with Crippen molar-refractivity contribution < 1.29 is 4.42 Å². The second-order valence-corrected chi connectivity index (χ2v) is 15.4.